The number of aromatic nitrogens is 2. The first-order chi connectivity index (χ1) is 11.8. The number of aryl methyl sites for hydroxylation is 1. The molecule has 3 rings (SSSR count). The van der Waals surface area contributed by atoms with Gasteiger partial charge in [-0.25, -0.2) is 0 Å². The smallest absolute Gasteiger partial charge is 0.376 e. The Hall–Kier alpha value is -2.67. The summed E-state index contributed by atoms with van der Waals surface area (Å²) in [4.78, 5) is 4.00. The van der Waals surface area contributed by atoms with Crippen LogP contribution in [0.2, 0.25) is 0 Å². The minimum absolute atomic E-state index is 0.174. The van der Waals surface area contributed by atoms with E-state index >= 15 is 0 Å². The first-order valence-electron chi connectivity index (χ1n) is 7.54. The Morgan fingerprint density at radius 1 is 1.00 bits per heavy atom. The number of rotatable bonds is 4. The SMILES string of the molecule is Cc1ccc(-c2noc(CC(O)(c3ccccc3)C(F)(F)F)n2)cc1. The van der Waals surface area contributed by atoms with Crippen LogP contribution in [0.3, 0.4) is 0 Å². The Labute approximate surface area is 141 Å². The third-order valence-electron chi connectivity index (χ3n) is 3.91. The maximum atomic E-state index is 13.5. The lowest BCUT2D eigenvalue weighted by Crippen LogP contribution is -2.44. The summed E-state index contributed by atoms with van der Waals surface area (Å²) in [6.45, 7) is 1.91. The average molecular weight is 348 g/mol. The predicted molar refractivity (Wildman–Crippen MR) is 84.6 cm³/mol. The van der Waals surface area contributed by atoms with E-state index in [2.05, 4.69) is 10.1 Å². The summed E-state index contributed by atoms with van der Waals surface area (Å²) in [7, 11) is 0. The molecule has 1 atom stereocenters. The molecule has 1 aromatic heterocycles. The van der Waals surface area contributed by atoms with Gasteiger partial charge >= 0.3 is 6.18 Å². The number of benzene rings is 2. The van der Waals surface area contributed by atoms with E-state index in [9.17, 15) is 18.3 Å². The molecular formula is C18H15F3N2O2. The van der Waals surface area contributed by atoms with E-state index in [0.717, 1.165) is 5.56 Å². The molecule has 0 spiro atoms. The molecule has 0 saturated carbocycles. The van der Waals surface area contributed by atoms with Gasteiger partial charge in [0.2, 0.25) is 11.7 Å². The third kappa shape index (κ3) is 3.41. The summed E-state index contributed by atoms with van der Waals surface area (Å²) >= 11 is 0. The molecule has 0 amide bonds. The molecule has 130 valence electrons. The second-order valence-electron chi connectivity index (χ2n) is 5.78. The van der Waals surface area contributed by atoms with Crippen molar-refractivity contribution < 1.29 is 22.8 Å². The van der Waals surface area contributed by atoms with Crippen molar-refractivity contribution in [2.75, 3.05) is 0 Å². The molecule has 3 aromatic rings. The molecular weight excluding hydrogens is 333 g/mol. The quantitative estimate of drug-likeness (QED) is 0.773. The summed E-state index contributed by atoms with van der Waals surface area (Å²) in [5.74, 6) is -0.119. The second kappa shape index (κ2) is 6.33. The van der Waals surface area contributed by atoms with Crippen LogP contribution in [0.1, 0.15) is 17.0 Å². The van der Waals surface area contributed by atoms with Crippen molar-refractivity contribution in [2.24, 2.45) is 0 Å². The molecule has 0 radical (unpaired) electrons. The zero-order valence-corrected chi connectivity index (χ0v) is 13.3. The van der Waals surface area contributed by atoms with Crippen LogP contribution >= 0.6 is 0 Å². The van der Waals surface area contributed by atoms with Gasteiger partial charge in [0.15, 0.2) is 5.60 Å². The lowest BCUT2D eigenvalue weighted by atomic mass is 9.89. The minimum atomic E-state index is -4.90. The van der Waals surface area contributed by atoms with Crippen LogP contribution in [0, 0.1) is 6.92 Å². The van der Waals surface area contributed by atoms with Gasteiger partial charge in [0, 0.05) is 5.56 Å². The number of hydrogen-bond acceptors (Lipinski definition) is 4. The van der Waals surface area contributed by atoms with Gasteiger partial charge < -0.3 is 9.63 Å². The van der Waals surface area contributed by atoms with Crippen molar-refractivity contribution in [3.8, 4) is 11.4 Å². The fourth-order valence-corrected chi connectivity index (χ4v) is 2.45. The first-order valence-corrected chi connectivity index (χ1v) is 7.54. The van der Waals surface area contributed by atoms with Crippen molar-refractivity contribution >= 4 is 0 Å². The van der Waals surface area contributed by atoms with E-state index in [1.165, 1.54) is 24.3 Å². The van der Waals surface area contributed by atoms with Crippen LogP contribution in [-0.2, 0) is 12.0 Å². The molecule has 2 aromatic carbocycles. The van der Waals surface area contributed by atoms with E-state index < -0.39 is 18.2 Å². The molecule has 0 fully saturated rings. The van der Waals surface area contributed by atoms with E-state index in [1.54, 1.807) is 18.2 Å². The zero-order chi connectivity index (χ0) is 18.1. The Kier molecular flexibility index (Phi) is 4.34. The van der Waals surface area contributed by atoms with Crippen molar-refractivity contribution in [2.45, 2.75) is 25.1 Å². The maximum absolute atomic E-state index is 13.5. The molecule has 4 nitrogen and oxygen atoms in total. The Balaban J connectivity index is 1.92. The monoisotopic (exact) mass is 348 g/mol. The Morgan fingerprint density at radius 2 is 1.64 bits per heavy atom. The number of hydrogen-bond donors (Lipinski definition) is 1. The molecule has 0 aliphatic rings. The van der Waals surface area contributed by atoms with Gasteiger partial charge in [-0.2, -0.15) is 18.2 Å². The highest BCUT2D eigenvalue weighted by Crippen LogP contribution is 2.41. The van der Waals surface area contributed by atoms with Crippen LogP contribution in [0.25, 0.3) is 11.4 Å². The highest BCUT2D eigenvalue weighted by molar-refractivity contribution is 5.54. The molecule has 0 aliphatic carbocycles. The number of alkyl halides is 3. The molecule has 25 heavy (non-hydrogen) atoms. The zero-order valence-electron chi connectivity index (χ0n) is 13.3. The van der Waals surface area contributed by atoms with E-state index in [-0.39, 0.29) is 17.3 Å². The molecule has 1 N–H and O–H groups in total. The summed E-state index contributed by atoms with van der Waals surface area (Å²) in [6, 6.07) is 14.0. The van der Waals surface area contributed by atoms with Crippen molar-refractivity contribution in [3.05, 3.63) is 71.6 Å². The standard InChI is InChI=1S/C18H15F3N2O2/c1-12-7-9-13(10-8-12)16-22-15(25-23-16)11-17(24,18(19,20)21)14-5-3-2-4-6-14/h2-10,24H,11H2,1H3. The van der Waals surface area contributed by atoms with Crippen LogP contribution in [-0.4, -0.2) is 21.4 Å². The minimum Gasteiger partial charge on any atom is -0.376 e. The summed E-state index contributed by atoms with van der Waals surface area (Å²) in [5.41, 5.74) is -1.73. The normalized spacial score (nSPS) is 14.3. The van der Waals surface area contributed by atoms with E-state index in [4.69, 9.17) is 4.52 Å². The maximum Gasteiger partial charge on any atom is 0.421 e. The van der Waals surface area contributed by atoms with E-state index in [0.29, 0.717) is 5.56 Å². The molecule has 1 heterocycles. The molecule has 0 bridgehead atoms. The summed E-state index contributed by atoms with van der Waals surface area (Å²) in [5, 5.41) is 14.0. The Bertz CT molecular complexity index is 845. The van der Waals surface area contributed by atoms with Crippen LogP contribution in [0.5, 0.6) is 0 Å². The third-order valence-corrected chi connectivity index (χ3v) is 3.91. The first kappa shape index (κ1) is 17.2. The van der Waals surface area contributed by atoms with Gasteiger partial charge in [-0.3, -0.25) is 0 Å². The molecule has 0 aliphatic heterocycles. The van der Waals surface area contributed by atoms with Gasteiger partial charge in [-0.05, 0) is 12.5 Å². The number of nitrogens with zero attached hydrogens (tertiary/aromatic N) is 2. The van der Waals surface area contributed by atoms with Gasteiger partial charge in [0.25, 0.3) is 0 Å². The lowest BCUT2D eigenvalue weighted by molar-refractivity contribution is -0.267. The topological polar surface area (TPSA) is 59.2 Å². The van der Waals surface area contributed by atoms with Gasteiger partial charge in [0.05, 0.1) is 6.42 Å². The summed E-state index contributed by atoms with van der Waals surface area (Å²) < 4.78 is 45.5. The van der Waals surface area contributed by atoms with Crippen LogP contribution in [0.4, 0.5) is 13.2 Å². The average Bonchev–Trinajstić information content (AvgIpc) is 3.03. The fraction of sp³-hybridized carbons (Fsp3) is 0.222. The number of halogens is 3. The van der Waals surface area contributed by atoms with Crippen LogP contribution in [0.15, 0.2) is 59.1 Å². The van der Waals surface area contributed by atoms with Crippen LogP contribution < -0.4 is 0 Å². The largest absolute Gasteiger partial charge is 0.421 e. The Morgan fingerprint density at radius 3 is 2.24 bits per heavy atom. The predicted octanol–water partition coefficient (Wildman–Crippen LogP) is 4.04. The van der Waals surface area contributed by atoms with E-state index in [1.807, 2.05) is 19.1 Å². The van der Waals surface area contributed by atoms with Crippen molar-refractivity contribution in [1.82, 2.24) is 10.1 Å². The van der Waals surface area contributed by atoms with Crippen molar-refractivity contribution in [1.29, 1.82) is 0 Å². The lowest BCUT2D eigenvalue weighted by Gasteiger charge is -2.29. The highest BCUT2D eigenvalue weighted by atomic mass is 19.4. The van der Waals surface area contributed by atoms with Gasteiger partial charge in [-0.1, -0.05) is 65.3 Å². The van der Waals surface area contributed by atoms with Gasteiger partial charge in [-0.15, -0.1) is 0 Å². The fourth-order valence-electron chi connectivity index (χ4n) is 2.45. The van der Waals surface area contributed by atoms with Gasteiger partial charge in [0.1, 0.15) is 0 Å². The molecule has 7 heteroatoms. The second-order valence-corrected chi connectivity index (χ2v) is 5.78. The molecule has 1 unspecified atom stereocenters. The summed E-state index contributed by atoms with van der Waals surface area (Å²) in [6.07, 6.45) is -5.76. The highest BCUT2D eigenvalue weighted by Gasteiger charge is 2.55. The van der Waals surface area contributed by atoms with Crippen molar-refractivity contribution in [3.63, 3.8) is 0 Å². The molecule has 0 saturated heterocycles. The number of aliphatic hydroxyl groups is 1.